The van der Waals surface area contributed by atoms with E-state index in [-0.39, 0.29) is 51.3 Å². The first-order chi connectivity index (χ1) is 20.4. The van der Waals surface area contributed by atoms with Gasteiger partial charge in [0.05, 0.1) is 42.1 Å². The molecular weight excluding hydrogens is 577 g/mol. The van der Waals surface area contributed by atoms with E-state index in [9.17, 15) is 8.78 Å². The van der Waals surface area contributed by atoms with Crippen molar-refractivity contribution in [3.8, 4) is 11.1 Å². The van der Waals surface area contributed by atoms with E-state index < -0.39 is 36.8 Å². The highest BCUT2D eigenvalue weighted by atomic mass is 19.3. The summed E-state index contributed by atoms with van der Waals surface area (Å²) in [5, 5.41) is 7.62. The Kier molecular flexibility index (Phi) is 8.17. The van der Waals surface area contributed by atoms with Crippen molar-refractivity contribution in [3.63, 3.8) is 0 Å². The Balaban J connectivity index is 1.56. The fourth-order valence-corrected chi connectivity index (χ4v) is 5.85. The summed E-state index contributed by atoms with van der Waals surface area (Å²) in [4.78, 5) is 10.8. The van der Waals surface area contributed by atoms with Gasteiger partial charge in [0.25, 0.3) is 6.43 Å². The quantitative estimate of drug-likeness (QED) is 0.217. The van der Waals surface area contributed by atoms with Crippen LogP contribution in [-0.4, -0.2) is 60.8 Å². The SMILES string of the molecule is C=C(N1CCC(Nc2nc(CC(C)(C)C)c3c(-c4cc(F)c5nc(C)n(CC(F)F)c5c4)c(F)cn3n2)C(F)C1)C(C)(C)C. The lowest BCUT2D eigenvalue weighted by Gasteiger charge is -2.41. The Morgan fingerprint density at radius 1 is 1.09 bits per heavy atom. The number of piperidine rings is 1. The van der Waals surface area contributed by atoms with Gasteiger partial charge in [-0.3, -0.25) is 0 Å². The summed E-state index contributed by atoms with van der Waals surface area (Å²) in [6.45, 7) is 18.0. The van der Waals surface area contributed by atoms with Gasteiger partial charge in [-0.1, -0.05) is 48.1 Å². The minimum absolute atomic E-state index is 0.0522. The van der Waals surface area contributed by atoms with Crippen LogP contribution in [0.3, 0.4) is 0 Å². The van der Waals surface area contributed by atoms with E-state index in [4.69, 9.17) is 4.98 Å². The van der Waals surface area contributed by atoms with Crippen molar-refractivity contribution in [2.24, 2.45) is 10.8 Å². The number of alkyl halides is 3. The number of hydrogen-bond donors (Lipinski definition) is 1. The molecule has 0 bridgehead atoms. The van der Waals surface area contributed by atoms with Crippen molar-refractivity contribution in [3.05, 3.63) is 53.8 Å². The van der Waals surface area contributed by atoms with Gasteiger partial charge >= 0.3 is 0 Å². The molecule has 1 aromatic carbocycles. The number of nitrogens with zero attached hydrogens (tertiary/aromatic N) is 6. The molecule has 0 amide bonds. The topological polar surface area (TPSA) is 63.3 Å². The van der Waals surface area contributed by atoms with Gasteiger partial charge < -0.3 is 14.8 Å². The highest BCUT2D eigenvalue weighted by Gasteiger charge is 2.33. The van der Waals surface area contributed by atoms with Crippen LogP contribution < -0.4 is 5.32 Å². The van der Waals surface area contributed by atoms with Crippen molar-refractivity contribution in [1.82, 2.24) is 29.0 Å². The summed E-state index contributed by atoms with van der Waals surface area (Å²) in [5.74, 6) is -1.05. The fourth-order valence-electron chi connectivity index (χ4n) is 5.85. The van der Waals surface area contributed by atoms with Crippen LogP contribution in [0.4, 0.5) is 27.9 Å². The Morgan fingerprint density at radius 2 is 1.80 bits per heavy atom. The molecule has 44 heavy (non-hydrogen) atoms. The molecule has 4 heterocycles. The maximum absolute atomic E-state index is 15.8. The number of fused-ring (bicyclic) bond motifs is 2. The second-order valence-corrected chi connectivity index (χ2v) is 13.9. The van der Waals surface area contributed by atoms with E-state index in [0.29, 0.717) is 30.6 Å². The van der Waals surface area contributed by atoms with Gasteiger partial charge in [-0.15, -0.1) is 5.10 Å². The molecule has 1 N–H and O–H groups in total. The van der Waals surface area contributed by atoms with Crippen LogP contribution in [0.15, 0.2) is 30.6 Å². The van der Waals surface area contributed by atoms with Crippen LogP contribution in [0.2, 0.25) is 0 Å². The molecule has 1 saturated heterocycles. The van der Waals surface area contributed by atoms with Crippen molar-refractivity contribution < 1.29 is 22.0 Å². The number of likely N-dealkylation sites (tertiary alicyclic amines) is 1. The third-order valence-corrected chi connectivity index (χ3v) is 8.07. The molecule has 0 spiro atoms. The first kappa shape index (κ1) is 31.7. The molecule has 1 aliphatic heterocycles. The normalized spacial score (nSPS) is 18.2. The van der Waals surface area contributed by atoms with Crippen molar-refractivity contribution >= 4 is 22.5 Å². The van der Waals surface area contributed by atoms with Crippen molar-refractivity contribution in [2.45, 2.75) is 86.5 Å². The van der Waals surface area contributed by atoms with Gasteiger partial charge in [-0.05, 0) is 42.9 Å². The number of aromatic nitrogens is 5. The fraction of sp³-hybridized carbons (Fsp3) is 0.531. The molecular formula is C32H40F5N7. The van der Waals surface area contributed by atoms with E-state index in [2.05, 4.69) is 22.0 Å². The van der Waals surface area contributed by atoms with Gasteiger partial charge in [-0.2, -0.15) is 0 Å². The van der Waals surface area contributed by atoms with Crippen LogP contribution in [0.25, 0.3) is 27.7 Å². The summed E-state index contributed by atoms with van der Waals surface area (Å²) in [7, 11) is 0. The number of rotatable bonds is 7. The molecule has 2 unspecified atom stereocenters. The summed E-state index contributed by atoms with van der Waals surface area (Å²) >= 11 is 0. The molecule has 5 rings (SSSR count). The van der Waals surface area contributed by atoms with Crippen molar-refractivity contribution in [1.29, 1.82) is 0 Å². The summed E-state index contributed by atoms with van der Waals surface area (Å²) in [6.07, 6.45) is -1.84. The number of halogens is 5. The van der Waals surface area contributed by atoms with E-state index >= 15 is 13.2 Å². The standard InChI is InChI=1S/C32H40F5N7/c1-17(32(6,7)8)42-10-9-23(21(34)14-42)39-30-40-24(13-31(3,4)5)29-27(22(35)15-44(29)41-30)19-11-20(33)28-25(12-19)43(16-26(36)37)18(2)38-28/h11-12,15,21,23,26H,1,9-10,13-14,16H2,2-8H3,(H,39,41). The summed E-state index contributed by atoms with van der Waals surface area (Å²) in [5.41, 5.74) is 1.51. The second-order valence-electron chi connectivity index (χ2n) is 13.9. The third kappa shape index (κ3) is 6.25. The number of nitrogens with one attached hydrogen (secondary N) is 1. The first-order valence-electron chi connectivity index (χ1n) is 14.8. The number of imidazole rings is 1. The zero-order chi connectivity index (χ0) is 32.3. The van der Waals surface area contributed by atoms with Gasteiger partial charge in [0.2, 0.25) is 5.95 Å². The second kappa shape index (κ2) is 11.3. The molecule has 238 valence electrons. The molecule has 0 radical (unpaired) electrons. The average Bonchev–Trinajstić information content (AvgIpc) is 3.39. The molecule has 2 atom stereocenters. The zero-order valence-electron chi connectivity index (χ0n) is 26.3. The molecule has 0 aliphatic carbocycles. The highest BCUT2D eigenvalue weighted by Crippen LogP contribution is 2.37. The lowest BCUT2D eigenvalue weighted by atomic mass is 9.89. The molecule has 7 nitrogen and oxygen atoms in total. The van der Waals surface area contributed by atoms with Crippen LogP contribution in [0.5, 0.6) is 0 Å². The third-order valence-electron chi connectivity index (χ3n) is 8.07. The Morgan fingerprint density at radius 3 is 2.41 bits per heavy atom. The maximum Gasteiger partial charge on any atom is 0.256 e. The Bertz CT molecular complexity index is 1710. The maximum atomic E-state index is 15.8. The minimum atomic E-state index is -2.68. The first-order valence-corrected chi connectivity index (χ1v) is 14.8. The van der Waals surface area contributed by atoms with Crippen LogP contribution in [0, 0.1) is 29.4 Å². The minimum Gasteiger partial charge on any atom is -0.372 e. The van der Waals surface area contributed by atoms with E-state index in [0.717, 1.165) is 11.8 Å². The molecule has 0 saturated carbocycles. The smallest absolute Gasteiger partial charge is 0.256 e. The number of anilines is 1. The van der Waals surface area contributed by atoms with Gasteiger partial charge in [-0.25, -0.2) is 36.4 Å². The summed E-state index contributed by atoms with van der Waals surface area (Å²) in [6, 6.07) is 2.06. The number of aryl methyl sites for hydroxylation is 1. The number of hydrogen-bond acceptors (Lipinski definition) is 5. The average molecular weight is 618 g/mol. The van der Waals surface area contributed by atoms with Crippen molar-refractivity contribution in [2.75, 3.05) is 18.4 Å². The molecule has 1 aliphatic rings. The largest absolute Gasteiger partial charge is 0.372 e. The predicted octanol–water partition coefficient (Wildman–Crippen LogP) is 7.57. The monoisotopic (exact) mass is 617 g/mol. The van der Waals surface area contributed by atoms with Gasteiger partial charge in [0.1, 0.15) is 17.5 Å². The summed E-state index contributed by atoms with van der Waals surface area (Å²) < 4.78 is 75.7. The lowest BCUT2D eigenvalue weighted by molar-refractivity contribution is 0.127. The number of allylic oxidation sites excluding steroid dienone is 1. The molecule has 1 fully saturated rings. The predicted molar refractivity (Wildman–Crippen MR) is 163 cm³/mol. The molecule has 4 aromatic rings. The highest BCUT2D eigenvalue weighted by molar-refractivity contribution is 5.89. The lowest BCUT2D eigenvalue weighted by Crippen LogP contribution is -2.48. The number of benzene rings is 1. The Labute approximate surface area is 254 Å². The van der Waals surface area contributed by atoms with Crippen LogP contribution in [0.1, 0.15) is 59.5 Å². The molecule has 12 heteroatoms. The molecule has 3 aromatic heterocycles. The van der Waals surface area contributed by atoms with E-state index in [1.807, 2.05) is 46.4 Å². The van der Waals surface area contributed by atoms with Gasteiger partial charge in [0.15, 0.2) is 11.6 Å². The van der Waals surface area contributed by atoms with Crippen LogP contribution >= 0.6 is 0 Å². The van der Waals surface area contributed by atoms with Crippen LogP contribution in [-0.2, 0) is 13.0 Å². The van der Waals surface area contributed by atoms with Gasteiger partial charge in [0, 0.05) is 23.2 Å². The zero-order valence-corrected chi connectivity index (χ0v) is 26.3. The van der Waals surface area contributed by atoms with E-state index in [1.165, 1.54) is 28.3 Å². The Hall–Kier alpha value is -3.70. The van der Waals surface area contributed by atoms with E-state index in [1.54, 1.807) is 0 Å².